The minimum atomic E-state index is 0. The highest BCUT2D eigenvalue weighted by molar-refractivity contribution is 7.60. The summed E-state index contributed by atoms with van der Waals surface area (Å²) in [6, 6.07) is 6.00. The van der Waals surface area contributed by atoms with E-state index in [0.29, 0.717) is 5.16 Å². The molecule has 0 radical (unpaired) electrons. The lowest BCUT2D eigenvalue weighted by molar-refractivity contribution is -0.671. The Morgan fingerprint density at radius 1 is 0.842 bits per heavy atom. The van der Waals surface area contributed by atoms with E-state index in [-0.39, 0.29) is 20.3 Å². The third kappa shape index (κ3) is 9.41. The quantitative estimate of drug-likeness (QED) is 0.577. The lowest BCUT2D eigenvalue weighted by atomic mass is 10.3. The molecule has 0 saturated heterocycles. The largest absolute Gasteiger partial charge is 1.00 e. The van der Waals surface area contributed by atoms with Crippen molar-refractivity contribution in [3.05, 3.63) is 30.6 Å². The van der Waals surface area contributed by atoms with Crippen molar-refractivity contribution in [2.75, 3.05) is 0 Å². The third-order valence-corrected chi connectivity index (χ3v) is 6.53. The van der Waals surface area contributed by atoms with Crippen LogP contribution in [0.2, 0.25) is 0 Å². The summed E-state index contributed by atoms with van der Waals surface area (Å²) in [6.07, 6.45) is 4.00. The summed E-state index contributed by atoms with van der Waals surface area (Å²) in [4.78, 5) is 0. The Balaban J connectivity index is 0. The second-order valence-electron chi connectivity index (χ2n) is 6.31. The fourth-order valence-corrected chi connectivity index (χ4v) is 6.92. The topological polar surface area (TPSA) is 3.88 Å². The van der Waals surface area contributed by atoms with E-state index in [1.165, 1.54) is 0 Å². The maximum Gasteiger partial charge on any atom is 0.168 e. The molecule has 0 N–H and O–H groups in total. The molecule has 0 aliphatic carbocycles. The van der Waals surface area contributed by atoms with Crippen molar-refractivity contribution in [1.82, 2.24) is 0 Å². The number of aromatic nitrogens is 1. The van der Waals surface area contributed by atoms with Crippen LogP contribution in [0.1, 0.15) is 48.5 Å². The molecule has 1 rings (SSSR count). The highest BCUT2D eigenvalue weighted by atomic mass is 35.5. The Morgan fingerprint density at radius 2 is 1.21 bits per heavy atom. The van der Waals surface area contributed by atoms with Crippen LogP contribution in [0.4, 0.5) is 0 Å². The van der Waals surface area contributed by atoms with Gasteiger partial charge in [-0.05, 0) is 16.5 Å². The molecule has 1 aromatic rings. The number of halogens is 1. The zero-order valence-electron chi connectivity index (χ0n) is 13.8. The molecular formula is C16H31ClNP. The first-order valence-corrected chi connectivity index (χ1v) is 8.33. The van der Waals surface area contributed by atoms with Gasteiger partial charge in [-0.15, -0.1) is 0 Å². The molecule has 0 unspecified atom stereocenters. The number of aryl methyl sites for hydroxylation is 1. The van der Waals surface area contributed by atoms with Crippen molar-refractivity contribution in [3.63, 3.8) is 0 Å². The van der Waals surface area contributed by atoms with Gasteiger partial charge in [-0.2, -0.15) is 0 Å². The van der Waals surface area contributed by atoms with Crippen LogP contribution in [0.5, 0.6) is 0 Å². The summed E-state index contributed by atoms with van der Waals surface area (Å²) in [5.74, 6) is 0. The first kappa shape index (κ1) is 21.2. The average Bonchev–Trinajstić information content (AvgIpc) is 2.15. The van der Waals surface area contributed by atoms with Crippen molar-refractivity contribution in [2.45, 2.75) is 64.9 Å². The van der Waals surface area contributed by atoms with Gasteiger partial charge in [-0.25, -0.2) is 4.57 Å². The van der Waals surface area contributed by atoms with E-state index < -0.39 is 0 Å². The average molecular weight is 304 g/mol. The summed E-state index contributed by atoms with van der Waals surface area (Å²) in [5, 5.41) is 0.525. The van der Waals surface area contributed by atoms with Crippen LogP contribution in [-0.2, 0) is 7.05 Å². The number of pyridine rings is 1. The molecule has 0 aromatic carbocycles. The lowest BCUT2D eigenvalue weighted by Crippen LogP contribution is -3.00. The monoisotopic (exact) mass is 303 g/mol. The van der Waals surface area contributed by atoms with Crippen molar-refractivity contribution < 1.29 is 17.0 Å². The van der Waals surface area contributed by atoms with Crippen LogP contribution in [0.25, 0.3) is 0 Å². The molecule has 0 fully saturated rings. The van der Waals surface area contributed by atoms with Crippen LogP contribution in [0.15, 0.2) is 30.6 Å². The normalized spacial score (nSPS) is 11.1. The Morgan fingerprint density at radius 3 is 1.32 bits per heavy atom. The summed E-state index contributed by atoms with van der Waals surface area (Å²) >= 11 is 0. The maximum absolute atomic E-state index is 2.37. The molecule has 1 heterocycles. The van der Waals surface area contributed by atoms with Crippen LogP contribution in [0, 0.1) is 0 Å². The molecule has 1 nitrogen and oxygen atoms in total. The van der Waals surface area contributed by atoms with Crippen LogP contribution in [0.3, 0.4) is 0 Å². The minimum absolute atomic E-state index is 0. The second kappa shape index (κ2) is 9.72. The molecule has 0 saturated carbocycles. The van der Waals surface area contributed by atoms with Crippen molar-refractivity contribution in [3.8, 4) is 0 Å². The Kier molecular flexibility index (Phi) is 10.8. The Hall–Kier alpha value is -0.130. The summed E-state index contributed by atoms with van der Waals surface area (Å²) in [6.45, 7) is 16.6. The van der Waals surface area contributed by atoms with E-state index >= 15 is 0 Å². The SMILES string of the molecule is CC(C)P(C(C)C)C(C)(C)C.C[n+]1ccccc1.[Cl-]. The molecule has 112 valence electrons. The number of rotatable bonds is 2. The van der Waals surface area contributed by atoms with E-state index in [9.17, 15) is 0 Å². The van der Waals surface area contributed by atoms with Crippen molar-refractivity contribution in [2.24, 2.45) is 7.05 Å². The van der Waals surface area contributed by atoms with Crippen molar-refractivity contribution >= 4 is 7.92 Å². The predicted octanol–water partition coefficient (Wildman–Crippen LogP) is 1.60. The summed E-state index contributed by atoms with van der Waals surface area (Å²) in [5.41, 5.74) is 1.73. The van der Waals surface area contributed by atoms with Gasteiger partial charge in [0, 0.05) is 12.1 Å². The smallest absolute Gasteiger partial charge is 0.168 e. The third-order valence-electron chi connectivity index (χ3n) is 2.75. The molecule has 19 heavy (non-hydrogen) atoms. The molecular weight excluding hydrogens is 273 g/mol. The van der Waals surface area contributed by atoms with E-state index in [4.69, 9.17) is 0 Å². The zero-order valence-corrected chi connectivity index (χ0v) is 15.5. The fraction of sp³-hybridized carbons (Fsp3) is 0.688. The van der Waals surface area contributed by atoms with Crippen molar-refractivity contribution in [1.29, 1.82) is 0 Å². The number of nitrogens with zero attached hydrogens (tertiary/aromatic N) is 1. The van der Waals surface area contributed by atoms with Gasteiger partial charge in [-0.3, -0.25) is 0 Å². The molecule has 0 spiro atoms. The first-order valence-electron chi connectivity index (χ1n) is 6.85. The lowest BCUT2D eigenvalue weighted by Gasteiger charge is -2.38. The summed E-state index contributed by atoms with van der Waals surface area (Å²) in [7, 11) is 2.18. The minimum Gasteiger partial charge on any atom is -1.00 e. The zero-order chi connectivity index (χ0) is 14.3. The Labute approximate surface area is 128 Å². The van der Waals surface area contributed by atoms with Crippen LogP contribution < -0.4 is 17.0 Å². The fourth-order valence-electron chi connectivity index (χ4n) is 2.63. The molecule has 3 heteroatoms. The first-order chi connectivity index (χ1) is 8.16. The van der Waals surface area contributed by atoms with Gasteiger partial charge >= 0.3 is 0 Å². The number of hydrogen-bond acceptors (Lipinski definition) is 0. The maximum atomic E-state index is 2.37. The van der Waals surface area contributed by atoms with E-state index in [1.807, 2.05) is 42.2 Å². The molecule has 0 bridgehead atoms. The van der Waals surface area contributed by atoms with Gasteiger partial charge < -0.3 is 12.4 Å². The second-order valence-corrected chi connectivity index (χ2v) is 10.5. The summed E-state index contributed by atoms with van der Waals surface area (Å²) < 4.78 is 2.00. The predicted molar refractivity (Wildman–Crippen MR) is 84.6 cm³/mol. The highest BCUT2D eigenvalue weighted by Gasteiger charge is 2.28. The molecule has 0 atom stereocenters. The van der Waals surface area contributed by atoms with E-state index in [1.54, 1.807) is 0 Å². The number of hydrogen-bond donors (Lipinski definition) is 0. The molecule has 0 amide bonds. The van der Waals surface area contributed by atoms with Crippen LogP contribution in [-0.4, -0.2) is 16.5 Å². The van der Waals surface area contributed by atoms with E-state index in [0.717, 1.165) is 11.3 Å². The molecule has 0 aliphatic rings. The van der Waals surface area contributed by atoms with Gasteiger partial charge in [0.2, 0.25) is 0 Å². The van der Waals surface area contributed by atoms with Gasteiger partial charge in [0.05, 0.1) is 0 Å². The van der Waals surface area contributed by atoms with Gasteiger partial charge in [0.15, 0.2) is 12.4 Å². The molecule has 1 aromatic heterocycles. The van der Waals surface area contributed by atoms with Gasteiger partial charge in [0.1, 0.15) is 7.05 Å². The van der Waals surface area contributed by atoms with Crippen LogP contribution >= 0.6 is 7.92 Å². The van der Waals surface area contributed by atoms with Gasteiger partial charge in [-0.1, -0.05) is 62.5 Å². The highest BCUT2D eigenvalue weighted by Crippen LogP contribution is 2.56. The standard InChI is InChI=1S/C10H23P.C6H8N.ClH/c1-8(2)11(9(3)4)10(5,6)7;1-7-5-3-2-4-6-7;/h8-9H,1-7H3;2-6H,1H3;1H/q;+1;/p-1. The van der Waals surface area contributed by atoms with E-state index in [2.05, 4.69) is 48.5 Å². The molecule has 0 aliphatic heterocycles. The van der Waals surface area contributed by atoms with Gasteiger partial charge in [0.25, 0.3) is 0 Å². The Bertz CT molecular complexity index is 309.